The van der Waals surface area contributed by atoms with Gasteiger partial charge in [-0.3, -0.25) is 15.0 Å². The minimum Gasteiger partial charge on any atom is -0.377 e. The van der Waals surface area contributed by atoms with Crippen LogP contribution in [0.3, 0.4) is 0 Å². The molecule has 3 rings (SSSR count). The molecule has 5 nitrogen and oxygen atoms in total. The molecule has 2 N–H and O–H groups in total. The molecule has 3 aromatic rings. The number of carbonyl (C=O) groups excluding carboxylic acids is 1. The van der Waals surface area contributed by atoms with Crippen LogP contribution in [-0.2, 0) is 16.0 Å². The average Bonchev–Trinajstić information content (AvgIpc) is 2.79. The Morgan fingerprint density at radius 2 is 1.67 bits per heavy atom. The highest BCUT2D eigenvalue weighted by atomic mass is 19.1. The van der Waals surface area contributed by atoms with Gasteiger partial charge in [-0.25, -0.2) is 9.87 Å². The van der Waals surface area contributed by atoms with Gasteiger partial charge in [0.1, 0.15) is 5.82 Å². The molecule has 0 saturated heterocycles. The van der Waals surface area contributed by atoms with Crippen LogP contribution in [0.1, 0.15) is 30.4 Å². The van der Waals surface area contributed by atoms with Gasteiger partial charge >= 0.3 is 0 Å². The topological polar surface area (TPSA) is 71.5 Å². The lowest BCUT2D eigenvalue weighted by Crippen LogP contribution is -2.31. The van der Waals surface area contributed by atoms with E-state index in [2.05, 4.69) is 4.98 Å². The zero-order valence-corrected chi connectivity index (χ0v) is 16.8. The fourth-order valence-corrected chi connectivity index (χ4v) is 3.57. The van der Waals surface area contributed by atoms with Crippen molar-refractivity contribution in [1.29, 1.82) is 0 Å². The van der Waals surface area contributed by atoms with E-state index in [1.165, 1.54) is 12.1 Å². The third-order valence-corrected chi connectivity index (χ3v) is 5.06. The molecule has 1 amide bonds. The standard InChI is InChI=1S/C24H25FN2O3/c1-2-30-23(16-24(28)27-29)22(20-7-9-21(25)10-8-20)15-17-3-5-18(6-4-17)19-11-13-26-14-12-19/h3-14,22-23,29H,2,15-16H2,1H3,(H,27,28)/t22?,23-/m1/s1. The Kier molecular flexibility index (Phi) is 7.65. The second-order valence-corrected chi connectivity index (χ2v) is 7.03. The summed E-state index contributed by atoms with van der Waals surface area (Å²) in [5.41, 5.74) is 5.78. The van der Waals surface area contributed by atoms with E-state index in [1.54, 1.807) is 30.0 Å². The van der Waals surface area contributed by atoms with Crippen molar-refractivity contribution in [2.75, 3.05) is 6.61 Å². The van der Waals surface area contributed by atoms with Crippen LogP contribution < -0.4 is 5.48 Å². The van der Waals surface area contributed by atoms with E-state index in [-0.39, 0.29) is 18.2 Å². The highest BCUT2D eigenvalue weighted by Crippen LogP contribution is 2.30. The van der Waals surface area contributed by atoms with E-state index >= 15 is 0 Å². The number of carbonyl (C=O) groups is 1. The molecule has 2 atom stereocenters. The number of rotatable bonds is 9. The van der Waals surface area contributed by atoms with Crippen LogP contribution in [0.4, 0.5) is 4.39 Å². The monoisotopic (exact) mass is 408 g/mol. The number of ether oxygens (including phenoxy) is 1. The molecule has 30 heavy (non-hydrogen) atoms. The Bertz CT molecular complexity index is 931. The Balaban J connectivity index is 1.87. The number of nitrogens with one attached hydrogen (secondary N) is 1. The molecule has 1 heterocycles. The fourth-order valence-electron chi connectivity index (χ4n) is 3.57. The number of halogens is 1. The first kappa shape index (κ1) is 21.6. The van der Waals surface area contributed by atoms with Crippen molar-refractivity contribution in [3.63, 3.8) is 0 Å². The highest BCUT2D eigenvalue weighted by molar-refractivity contribution is 5.75. The van der Waals surface area contributed by atoms with Crippen molar-refractivity contribution in [1.82, 2.24) is 10.5 Å². The van der Waals surface area contributed by atoms with Gasteiger partial charge in [0.25, 0.3) is 0 Å². The van der Waals surface area contributed by atoms with E-state index < -0.39 is 12.0 Å². The normalized spacial score (nSPS) is 12.9. The number of nitrogens with zero attached hydrogens (tertiary/aromatic N) is 1. The van der Waals surface area contributed by atoms with Crippen LogP contribution in [-0.4, -0.2) is 28.8 Å². The molecular formula is C24H25FN2O3. The summed E-state index contributed by atoms with van der Waals surface area (Å²) in [6, 6.07) is 18.3. The average molecular weight is 408 g/mol. The van der Waals surface area contributed by atoms with Crippen LogP contribution >= 0.6 is 0 Å². The lowest BCUT2D eigenvalue weighted by Gasteiger charge is -2.27. The van der Waals surface area contributed by atoms with Gasteiger partial charge in [0.15, 0.2) is 0 Å². The van der Waals surface area contributed by atoms with E-state index in [4.69, 9.17) is 9.94 Å². The predicted molar refractivity (Wildman–Crippen MR) is 112 cm³/mol. The summed E-state index contributed by atoms with van der Waals surface area (Å²) in [5, 5.41) is 8.96. The van der Waals surface area contributed by atoms with E-state index in [0.29, 0.717) is 13.0 Å². The first-order valence-electron chi connectivity index (χ1n) is 9.90. The van der Waals surface area contributed by atoms with Gasteiger partial charge in [-0.2, -0.15) is 0 Å². The molecular weight excluding hydrogens is 383 g/mol. The first-order chi connectivity index (χ1) is 14.6. The largest absolute Gasteiger partial charge is 0.377 e. The van der Waals surface area contributed by atoms with Gasteiger partial charge in [0.05, 0.1) is 12.5 Å². The predicted octanol–water partition coefficient (Wildman–Crippen LogP) is 4.51. The quantitative estimate of drug-likeness (QED) is 0.404. The first-order valence-corrected chi connectivity index (χ1v) is 9.90. The third-order valence-electron chi connectivity index (χ3n) is 5.06. The zero-order chi connectivity index (χ0) is 21.3. The molecule has 0 spiro atoms. The molecule has 0 aliphatic heterocycles. The number of hydroxylamine groups is 1. The molecule has 0 aliphatic rings. The summed E-state index contributed by atoms with van der Waals surface area (Å²) in [5.74, 6) is -1.02. The van der Waals surface area contributed by atoms with Gasteiger partial charge in [-0.15, -0.1) is 0 Å². The van der Waals surface area contributed by atoms with Crippen LogP contribution in [0.2, 0.25) is 0 Å². The maximum atomic E-state index is 13.5. The maximum absolute atomic E-state index is 13.5. The van der Waals surface area contributed by atoms with Crippen molar-refractivity contribution in [3.05, 3.63) is 90.0 Å². The number of hydrogen-bond acceptors (Lipinski definition) is 4. The Morgan fingerprint density at radius 1 is 1.03 bits per heavy atom. The van der Waals surface area contributed by atoms with Gasteiger partial charge in [0.2, 0.25) is 5.91 Å². The van der Waals surface area contributed by atoms with E-state index in [9.17, 15) is 9.18 Å². The zero-order valence-electron chi connectivity index (χ0n) is 16.8. The van der Waals surface area contributed by atoms with Crippen LogP contribution in [0.15, 0.2) is 73.1 Å². The highest BCUT2D eigenvalue weighted by Gasteiger charge is 2.26. The van der Waals surface area contributed by atoms with Crippen LogP contribution in [0.5, 0.6) is 0 Å². The van der Waals surface area contributed by atoms with Crippen molar-refractivity contribution in [2.24, 2.45) is 0 Å². The second kappa shape index (κ2) is 10.6. The molecule has 1 unspecified atom stereocenters. The van der Waals surface area contributed by atoms with Crippen molar-refractivity contribution >= 4 is 5.91 Å². The second-order valence-electron chi connectivity index (χ2n) is 7.03. The summed E-state index contributed by atoms with van der Waals surface area (Å²) in [6.45, 7) is 2.27. The lowest BCUT2D eigenvalue weighted by molar-refractivity contribution is -0.132. The summed E-state index contributed by atoms with van der Waals surface area (Å²) in [7, 11) is 0. The third kappa shape index (κ3) is 5.72. The van der Waals surface area contributed by atoms with Gasteiger partial charge < -0.3 is 4.74 Å². The summed E-state index contributed by atoms with van der Waals surface area (Å²) < 4.78 is 19.3. The fraction of sp³-hybridized carbons (Fsp3) is 0.250. The molecule has 6 heteroatoms. The lowest BCUT2D eigenvalue weighted by atomic mass is 9.85. The van der Waals surface area contributed by atoms with E-state index in [1.807, 2.05) is 43.3 Å². The number of benzene rings is 2. The van der Waals surface area contributed by atoms with Gasteiger partial charge in [-0.1, -0.05) is 36.4 Å². The number of aromatic nitrogens is 1. The molecule has 0 aliphatic carbocycles. The minimum atomic E-state index is -0.520. The molecule has 0 bridgehead atoms. The molecule has 2 aromatic carbocycles. The smallest absolute Gasteiger partial charge is 0.245 e. The molecule has 1 aromatic heterocycles. The van der Waals surface area contributed by atoms with Crippen molar-refractivity contribution in [2.45, 2.75) is 31.8 Å². The van der Waals surface area contributed by atoms with Crippen LogP contribution in [0, 0.1) is 5.82 Å². The Morgan fingerprint density at radius 3 is 2.27 bits per heavy atom. The van der Waals surface area contributed by atoms with Crippen LogP contribution in [0.25, 0.3) is 11.1 Å². The van der Waals surface area contributed by atoms with Gasteiger partial charge in [-0.05, 0) is 59.9 Å². The summed E-state index contributed by atoms with van der Waals surface area (Å²) in [4.78, 5) is 15.9. The Hall–Kier alpha value is -3.09. The Labute approximate surface area is 175 Å². The van der Waals surface area contributed by atoms with Crippen molar-refractivity contribution in [3.8, 4) is 11.1 Å². The molecule has 0 saturated carbocycles. The van der Waals surface area contributed by atoms with E-state index in [0.717, 1.165) is 22.3 Å². The number of pyridine rings is 1. The molecule has 0 radical (unpaired) electrons. The minimum absolute atomic E-state index is 0.00147. The maximum Gasteiger partial charge on any atom is 0.245 e. The number of amides is 1. The number of hydrogen-bond donors (Lipinski definition) is 2. The molecule has 0 fully saturated rings. The van der Waals surface area contributed by atoms with Crippen molar-refractivity contribution < 1.29 is 19.1 Å². The summed E-state index contributed by atoms with van der Waals surface area (Å²) in [6.07, 6.45) is 3.65. The molecule has 156 valence electrons. The summed E-state index contributed by atoms with van der Waals surface area (Å²) >= 11 is 0. The SMILES string of the molecule is CCO[C@H](CC(=O)NO)C(Cc1ccc(-c2ccncc2)cc1)c1ccc(F)cc1. The van der Waals surface area contributed by atoms with Gasteiger partial charge in [0, 0.05) is 24.9 Å².